The summed E-state index contributed by atoms with van der Waals surface area (Å²) in [5.41, 5.74) is 3.07. The number of anilines is 1. The summed E-state index contributed by atoms with van der Waals surface area (Å²) in [5, 5.41) is 3.88. The van der Waals surface area contributed by atoms with E-state index in [2.05, 4.69) is 21.2 Å². The Kier molecular flexibility index (Phi) is 4.92. The predicted octanol–water partition coefficient (Wildman–Crippen LogP) is 5.99. The van der Waals surface area contributed by atoms with E-state index in [0.717, 1.165) is 26.5 Å². The summed E-state index contributed by atoms with van der Waals surface area (Å²) in [4.78, 5) is 17.6. The lowest BCUT2D eigenvalue weighted by Gasteiger charge is -2.11. The normalized spacial score (nSPS) is 10.7. The molecule has 4 rings (SSSR count). The second-order valence-electron chi connectivity index (χ2n) is 5.83. The molecule has 0 fully saturated rings. The summed E-state index contributed by atoms with van der Waals surface area (Å²) in [5.74, 6) is 0.414. The van der Waals surface area contributed by atoms with E-state index in [1.165, 1.54) is 0 Å². The maximum absolute atomic E-state index is 12.8. The molecule has 0 aliphatic heterocycles. The summed E-state index contributed by atoms with van der Waals surface area (Å²) in [6.07, 6.45) is 0. The number of ether oxygens (including phenoxy) is 1. The molecule has 0 aliphatic rings. The van der Waals surface area contributed by atoms with Gasteiger partial charge in [-0.1, -0.05) is 24.3 Å². The molecule has 4 nitrogen and oxygen atoms in total. The molecule has 27 heavy (non-hydrogen) atoms. The zero-order valence-electron chi connectivity index (χ0n) is 14.4. The van der Waals surface area contributed by atoms with E-state index in [1.807, 2.05) is 48.5 Å². The van der Waals surface area contributed by atoms with Gasteiger partial charge < -0.3 is 10.1 Å². The number of nitrogens with one attached hydrogen (secondary N) is 1. The van der Waals surface area contributed by atoms with Crippen LogP contribution in [0.15, 0.2) is 71.2 Å². The Hall–Kier alpha value is -2.70. The van der Waals surface area contributed by atoms with Crippen molar-refractivity contribution in [1.82, 2.24) is 4.98 Å². The molecule has 0 saturated heterocycles. The number of thiazole rings is 1. The van der Waals surface area contributed by atoms with Gasteiger partial charge in [-0.05, 0) is 58.4 Å². The number of amides is 1. The van der Waals surface area contributed by atoms with Crippen LogP contribution in [-0.4, -0.2) is 18.0 Å². The molecule has 0 unspecified atom stereocenters. The van der Waals surface area contributed by atoms with Gasteiger partial charge in [0.1, 0.15) is 10.8 Å². The number of benzene rings is 3. The molecular formula is C21H15BrN2O2S. The van der Waals surface area contributed by atoms with Crippen LogP contribution in [0.5, 0.6) is 5.75 Å². The largest absolute Gasteiger partial charge is 0.497 e. The van der Waals surface area contributed by atoms with Gasteiger partial charge in [-0.3, -0.25) is 4.79 Å². The average Bonchev–Trinajstić information content (AvgIpc) is 3.12. The lowest BCUT2D eigenvalue weighted by molar-refractivity contribution is 0.102. The third-order valence-corrected chi connectivity index (χ3v) is 5.88. The first kappa shape index (κ1) is 17.7. The van der Waals surface area contributed by atoms with E-state index in [4.69, 9.17) is 9.72 Å². The fourth-order valence-corrected chi connectivity index (χ4v) is 4.19. The van der Waals surface area contributed by atoms with Gasteiger partial charge >= 0.3 is 0 Å². The van der Waals surface area contributed by atoms with E-state index in [-0.39, 0.29) is 5.91 Å². The quantitative estimate of drug-likeness (QED) is 0.425. The predicted molar refractivity (Wildman–Crippen MR) is 114 cm³/mol. The number of carbonyl (C=O) groups excluding carboxylic acids is 1. The summed E-state index contributed by atoms with van der Waals surface area (Å²) < 4.78 is 7.05. The summed E-state index contributed by atoms with van der Waals surface area (Å²) >= 11 is 5.04. The van der Waals surface area contributed by atoms with Crippen LogP contribution in [0.2, 0.25) is 0 Å². The van der Waals surface area contributed by atoms with Crippen molar-refractivity contribution in [2.45, 2.75) is 0 Å². The molecule has 0 atom stereocenters. The van der Waals surface area contributed by atoms with Crippen LogP contribution in [0.4, 0.5) is 5.69 Å². The first-order valence-corrected chi connectivity index (χ1v) is 9.86. The topological polar surface area (TPSA) is 51.2 Å². The minimum atomic E-state index is -0.214. The maximum atomic E-state index is 12.8. The first-order valence-electron chi connectivity index (χ1n) is 8.25. The zero-order chi connectivity index (χ0) is 18.8. The minimum absolute atomic E-state index is 0.214. The molecule has 134 valence electrons. The van der Waals surface area contributed by atoms with Gasteiger partial charge in [-0.15, -0.1) is 11.3 Å². The molecular weight excluding hydrogens is 424 g/mol. The van der Waals surface area contributed by atoms with Crippen molar-refractivity contribution in [2.24, 2.45) is 0 Å². The molecule has 0 aliphatic carbocycles. The number of para-hydroxylation sites is 2. The zero-order valence-corrected chi connectivity index (χ0v) is 16.8. The number of fused-ring (bicyclic) bond motifs is 1. The monoisotopic (exact) mass is 438 g/mol. The van der Waals surface area contributed by atoms with Crippen LogP contribution in [0, 0.1) is 0 Å². The van der Waals surface area contributed by atoms with Gasteiger partial charge in [0.05, 0.1) is 28.6 Å². The van der Waals surface area contributed by atoms with E-state index >= 15 is 0 Å². The van der Waals surface area contributed by atoms with Crippen molar-refractivity contribution < 1.29 is 9.53 Å². The second-order valence-corrected chi connectivity index (χ2v) is 7.72. The minimum Gasteiger partial charge on any atom is -0.497 e. The van der Waals surface area contributed by atoms with Crippen molar-refractivity contribution in [1.29, 1.82) is 0 Å². The Morgan fingerprint density at radius 1 is 1.07 bits per heavy atom. The van der Waals surface area contributed by atoms with Crippen molar-refractivity contribution in [3.8, 4) is 16.3 Å². The van der Waals surface area contributed by atoms with Gasteiger partial charge in [0, 0.05) is 10.0 Å². The first-order chi connectivity index (χ1) is 13.2. The lowest BCUT2D eigenvalue weighted by Crippen LogP contribution is -2.13. The van der Waals surface area contributed by atoms with Gasteiger partial charge in [-0.2, -0.15) is 0 Å². The second kappa shape index (κ2) is 7.50. The van der Waals surface area contributed by atoms with Crippen LogP contribution in [0.1, 0.15) is 10.4 Å². The van der Waals surface area contributed by atoms with Gasteiger partial charge in [0.25, 0.3) is 5.91 Å². The third kappa shape index (κ3) is 3.59. The molecule has 0 saturated carbocycles. The number of nitrogens with zero attached hydrogens (tertiary/aromatic N) is 1. The van der Waals surface area contributed by atoms with Crippen molar-refractivity contribution >= 4 is 49.1 Å². The molecule has 6 heteroatoms. The highest BCUT2D eigenvalue weighted by atomic mass is 79.9. The molecule has 1 N–H and O–H groups in total. The maximum Gasteiger partial charge on any atom is 0.256 e. The van der Waals surface area contributed by atoms with Crippen LogP contribution in [0.25, 0.3) is 20.8 Å². The number of aromatic nitrogens is 1. The fourth-order valence-electron chi connectivity index (χ4n) is 2.76. The standard InChI is InChI=1S/C21H15BrN2O2S/c1-26-13-10-11-16(22)15(12-13)20(25)23-17-7-3-2-6-14(17)21-24-18-8-4-5-9-19(18)27-21/h2-12H,1H3,(H,23,25). The van der Waals surface area contributed by atoms with E-state index in [1.54, 1.807) is 36.6 Å². The molecule has 0 spiro atoms. The Bertz CT molecular complexity index is 1110. The lowest BCUT2D eigenvalue weighted by atomic mass is 10.1. The summed E-state index contributed by atoms with van der Waals surface area (Å²) in [6.45, 7) is 0. The highest BCUT2D eigenvalue weighted by molar-refractivity contribution is 9.10. The van der Waals surface area contributed by atoms with Crippen molar-refractivity contribution in [2.75, 3.05) is 12.4 Å². The Morgan fingerprint density at radius 3 is 2.67 bits per heavy atom. The SMILES string of the molecule is COc1ccc(Br)c(C(=O)Nc2ccccc2-c2nc3ccccc3s2)c1. The summed E-state index contributed by atoms with van der Waals surface area (Å²) in [7, 11) is 1.58. The molecule has 4 aromatic rings. The Labute approximate surface area is 169 Å². The highest BCUT2D eigenvalue weighted by Crippen LogP contribution is 2.35. The fraction of sp³-hybridized carbons (Fsp3) is 0.0476. The number of rotatable bonds is 4. The van der Waals surface area contributed by atoms with E-state index in [9.17, 15) is 4.79 Å². The van der Waals surface area contributed by atoms with Crippen molar-refractivity contribution in [3.05, 3.63) is 76.8 Å². The Balaban J connectivity index is 1.70. The molecule has 1 aromatic heterocycles. The van der Waals surface area contributed by atoms with Crippen LogP contribution >= 0.6 is 27.3 Å². The van der Waals surface area contributed by atoms with Crippen LogP contribution in [-0.2, 0) is 0 Å². The van der Waals surface area contributed by atoms with Crippen LogP contribution < -0.4 is 10.1 Å². The number of methoxy groups -OCH3 is 1. The van der Waals surface area contributed by atoms with Gasteiger partial charge in [0.15, 0.2) is 0 Å². The third-order valence-electron chi connectivity index (χ3n) is 4.12. The molecule has 0 radical (unpaired) electrons. The molecule has 3 aromatic carbocycles. The number of carbonyl (C=O) groups is 1. The van der Waals surface area contributed by atoms with Crippen LogP contribution in [0.3, 0.4) is 0 Å². The number of halogens is 1. The Morgan fingerprint density at radius 2 is 1.85 bits per heavy atom. The molecule has 1 heterocycles. The highest BCUT2D eigenvalue weighted by Gasteiger charge is 2.15. The average molecular weight is 439 g/mol. The van der Waals surface area contributed by atoms with Gasteiger partial charge in [-0.25, -0.2) is 4.98 Å². The van der Waals surface area contributed by atoms with Gasteiger partial charge in [0.2, 0.25) is 0 Å². The van der Waals surface area contributed by atoms with E-state index in [0.29, 0.717) is 15.8 Å². The molecule has 1 amide bonds. The molecule has 0 bridgehead atoms. The van der Waals surface area contributed by atoms with E-state index < -0.39 is 0 Å². The summed E-state index contributed by atoms with van der Waals surface area (Å²) in [6, 6.07) is 21.0. The smallest absolute Gasteiger partial charge is 0.256 e. The number of hydrogen-bond acceptors (Lipinski definition) is 4. The van der Waals surface area contributed by atoms with Crippen molar-refractivity contribution in [3.63, 3.8) is 0 Å². The number of hydrogen-bond donors (Lipinski definition) is 1.